The number of unbranched alkanes of at least 4 members (excludes halogenated alkanes) is 5. The van der Waals surface area contributed by atoms with E-state index in [1.54, 1.807) is 37.2 Å². The standard InChI is InChI=1S/C47H50N5O4.C41H36N3O2.C13H12N.C10H6F4N3.3Ir.Re/c1-3-7-15-30-55-46-33-47(39(41-19-10-12-27-49-41)32-38(46)40-18-9-11-26-48-40)56-31-16-8-4-2-6-14-29-54-37-23-25-43(51-35-37)45-21-17-20-44(52-45)42-24-22-36(34-50-42)53-28-13-5-1;1(3-10-29-45-36-25-23-33(24-26-36)39-21-13-20-38(44-39)32-15-6-5-7-16-32)2-4-11-30-46-40-22-14-28-43-41(40)35-18-12-17-34(31-35)37-19-8-9-27-42-37;1-2-12-9-6-10-13(14-12)11-7-4-3-5-8-11;11-6-7-2-1-3-9(15-7)17-5-4-8(16-17)10(12,13)14;;;;/h9-12,17-27,33-35H,1-8,13-16,28-31H2;5-9,12-15,17-23,25-28H,1-4,10-11,29-30H2;3-7,9-10H,2H2,1H3;1-4H,6H2;;;;/q-1;-3;2*-1;;;+3;. The smallest absolute Gasteiger partial charge is 0.537 e. The fourth-order valence-corrected chi connectivity index (χ4v) is 14.5. The van der Waals surface area contributed by atoms with Gasteiger partial charge in [-0.05, 0) is 147 Å². The van der Waals surface area contributed by atoms with Crippen molar-refractivity contribution in [1.82, 2.24) is 59.6 Å². The maximum atomic E-state index is 12.3. The summed E-state index contributed by atoms with van der Waals surface area (Å²) >= 11 is 0. The molecule has 0 spiro atoms. The van der Waals surface area contributed by atoms with Gasteiger partial charge in [-0.3, -0.25) is 40.0 Å². The molecule has 18 nitrogen and oxygen atoms in total. The van der Waals surface area contributed by atoms with Crippen molar-refractivity contribution in [2.24, 2.45) is 0 Å². The van der Waals surface area contributed by atoms with Gasteiger partial charge in [0.05, 0.1) is 104 Å². The molecule has 26 heteroatoms. The third kappa shape index (κ3) is 34.0. The molecular weight excluding hydrogens is 2440 g/mol. The van der Waals surface area contributed by atoms with Crippen LogP contribution in [0.5, 0.6) is 34.5 Å². The average molecular weight is 2540 g/mol. The van der Waals surface area contributed by atoms with Crippen LogP contribution in [0.4, 0.5) is 17.6 Å². The summed E-state index contributed by atoms with van der Waals surface area (Å²) in [4.78, 5) is 45.5. The Labute approximate surface area is 854 Å². The van der Waals surface area contributed by atoms with Gasteiger partial charge in [0.15, 0.2) is 0 Å². The van der Waals surface area contributed by atoms with Crippen molar-refractivity contribution in [2.75, 3.05) is 39.6 Å². The number of pyridine rings is 10. The Balaban J connectivity index is 0.000000212. The quantitative estimate of drug-likeness (QED) is 0.0373. The van der Waals surface area contributed by atoms with Crippen molar-refractivity contribution < 1.29 is 127 Å². The number of halogens is 4. The first-order valence-corrected chi connectivity index (χ1v) is 45.5. The predicted molar refractivity (Wildman–Crippen MR) is 511 cm³/mol. The molecule has 137 heavy (non-hydrogen) atoms. The Morgan fingerprint density at radius 2 is 0.847 bits per heavy atom. The van der Waals surface area contributed by atoms with E-state index in [1.165, 1.54) is 31.0 Å². The second kappa shape index (κ2) is 58.5. The van der Waals surface area contributed by atoms with Gasteiger partial charge in [0.25, 0.3) is 0 Å². The fraction of sp³-hybridized carbons (Fsp3) is 0.252. The summed E-state index contributed by atoms with van der Waals surface area (Å²) in [6, 6.07) is 99.1. The minimum Gasteiger partial charge on any atom is -0.537 e. The maximum Gasteiger partial charge on any atom is 3.00 e. The molecule has 0 saturated heterocycles. The van der Waals surface area contributed by atoms with Crippen LogP contribution in [0, 0.1) is 36.5 Å². The van der Waals surface area contributed by atoms with Crippen LogP contribution in [0.25, 0.3) is 107 Å². The number of hydrogen-bond donors (Lipinski definition) is 0. The van der Waals surface area contributed by atoms with Gasteiger partial charge in [-0.1, -0.05) is 197 Å². The number of hydrogen-bond acceptors (Lipinski definition) is 17. The Hall–Kier alpha value is -12.1. The van der Waals surface area contributed by atoms with Crippen LogP contribution in [0.15, 0.2) is 298 Å². The Morgan fingerprint density at radius 1 is 0.380 bits per heavy atom. The summed E-state index contributed by atoms with van der Waals surface area (Å²) in [6.07, 6.45) is 29.0. The Morgan fingerprint density at radius 3 is 1.36 bits per heavy atom. The van der Waals surface area contributed by atoms with E-state index in [-0.39, 0.29) is 92.3 Å². The summed E-state index contributed by atoms with van der Waals surface area (Å²) in [5, 5.41) is 3.28. The van der Waals surface area contributed by atoms with Crippen LogP contribution >= 0.6 is 0 Å². The normalized spacial score (nSPS) is 12.4. The Kier molecular flexibility index (Phi) is 45.7. The third-order valence-electron chi connectivity index (χ3n) is 21.5. The molecule has 16 aromatic rings. The number of aryl methyl sites for hydroxylation is 1. The molecule has 0 N–H and O–H groups in total. The monoisotopic (exact) mass is 2540 g/mol. The summed E-state index contributed by atoms with van der Waals surface area (Å²) in [7, 11) is 0. The SMILES string of the molecule is CCc1cccc(-c2[c-]cccc2)n1.FCc1cccc(-n2[c-]cc(C(F)(F)F)n2)n1.[Ir+3].[Ir].[Ir].[Re].[c-]1c(-c2ccccn2)c2cc(c1-c1ccccn1)OCCCCCCCCOc1ccc(nc1)-c1cccc(n1)-c1ccc(cn1)OCCCCCCCCO2.[c-]1ccccc1-c1cccc(-c2[c-]cc(OCCCCCCCCOc3cccnc3-c3[c-]c(-c4ccccn4)ccc3)cc2)n1. The van der Waals surface area contributed by atoms with Gasteiger partial charge < -0.3 is 43.1 Å². The van der Waals surface area contributed by atoms with Crippen molar-refractivity contribution in [2.45, 2.75) is 142 Å². The molecule has 11 aromatic heterocycles. The topological polar surface area (TPSA) is 202 Å². The fourth-order valence-electron chi connectivity index (χ4n) is 14.5. The molecule has 0 saturated carbocycles. The molecule has 3 radical (unpaired) electrons. The van der Waals surface area contributed by atoms with E-state index in [1.807, 2.05) is 237 Å². The van der Waals surface area contributed by atoms with E-state index < -0.39 is 18.5 Å². The van der Waals surface area contributed by atoms with Crippen molar-refractivity contribution >= 4 is 0 Å². The molecule has 14 heterocycles. The van der Waals surface area contributed by atoms with Crippen molar-refractivity contribution in [1.29, 1.82) is 0 Å². The average Bonchev–Trinajstić information content (AvgIpc) is 1.30. The van der Waals surface area contributed by atoms with Crippen LogP contribution in [0.3, 0.4) is 0 Å². The maximum absolute atomic E-state index is 12.3. The molecule has 8 bridgehead atoms. The zero-order valence-corrected chi connectivity index (χ0v) is 85.8. The molecule has 0 amide bonds. The molecular formula is C111H104F4Ir3N12O6Re-3. The largest absolute Gasteiger partial charge is 3.00 e. The number of ether oxygens (including phenoxy) is 6. The van der Waals surface area contributed by atoms with Gasteiger partial charge in [0, 0.05) is 120 Å². The minimum atomic E-state index is -4.53. The Bertz CT molecular complexity index is 6020. The van der Waals surface area contributed by atoms with Gasteiger partial charge in [0.1, 0.15) is 23.9 Å². The van der Waals surface area contributed by atoms with Gasteiger partial charge in [0.2, 0.25) is 0 Å². The molecule has 0 fully saturated rings. The van der Waals surface area contributed by atoms with E-state index in [4.69, 9.17) is 38.4 Å². The van der Waals surface area contributed by atoms with Crippen molar-refractivity contribution in [3.05, 3.63) is 352 Å². The van der Waals surface area contributed by atoms with E-state index in [0.29, 0.717) is 45.7 Å². The number of alkyl halides is 4. The summed E-state index contributed by atoms with van der Waals surface area (Å²) in [5.41, 5.74) is 15.9. The van der Waals surface area contributed by atoms with Crippen LogP contribution in [-0.4, -0.2) is 99.3 Å². The van der Waals surface area contributed by atoms with E-state index in [2.05, 4.69) is 88.4 Å². The van der Waals surface area contributed by atoms with Gasteiger partial charge in [-0.2, -0.15) is 13.2 Å². The first-order chi connectivity index (χ1) is 65.5. The van der Waals surface area contributed by atoms with Crippen LogP contribution < -0.4 is 28.4 Å². The number of aromatic nitrogens is 12. The first kappa shape index (κ1) is 107. The summed E-state index contributed by atoms with van der Waals surface area (Å²) in [6.45, 7) is 5.23. The first-order valence-electron chi connectivity index (χ1n) is 45.5. The number of rotatable bonds is 21. The van der Waals surface area contributed by atoms with Crippen LogP contribution in [0.2, 0.25) is 0 Å². The second-order valence-corrected chi connectivity index (χ2v) is 31.3. The summed E-state index contributed by atoms with van der Waals surface area (Å²) < 4.78 is 87.1. The minimum absolute atomic E-state index is 0. The molecule has 0 atom stereocenters. The van der Waals surface area contributed by atoms with Gasteiger partial charge in [-0.25, -0.2) is 9.37 Å². The van der Waals surface area contributed by atoms with Crippen molar-refractivity contribution in [3.8, 4) is 142 Å². The van der Waals surface area contributed by atoms with Gasteiger partial charge >= 0.3 is 26.3 Å². The second-order valence-electron chi connectivity index (χ2n) is 31.3. The molecule has 0 unspecified atom stereocenters. The molecule has 3 aliphatic rings. The zero-order chi connectivity index (χ0) is 91.5. The molecule has 19 rings (SSSR count). The van der Waals surface area contributed by atoms with E-state index in [9.17, 15) is 17.6 Å². The van der Waals surface area contributed by atoms with E-state index in [0.717, 1.165) is 256 Å². The summed E-state index contributed by atoms with van der Waals surface area (Å²) in [5.74, 6) is 4.71. The van der Waals surface area contributed by atoms with Gasteiger partial charge in [-0.15, -0.1) is 138 Å². The number of fused-ring (bicyclic) bond motifs is 2. The van der Waals surface area contributed by atoms with Crippen LogP contribution in [-0.2, 0) is 100 Å². The molecule has 5 aromatic carbocycles. The number of nitrogens with zero attached hydrogens (tertiary/aromatic N) is 12. The van der Waals surface area contributed by atoms with Crippen molar-refractivity contribution in [3.63, 3.8) is 0 Å². The van der Waals surface area contributed by atoms with E-state index >= 15 is 0 Å². The predicted octanol–water partition coefficient (Wildman–Crippen LogP) is 26.4. The molecule has 3 aliphatic heterocycles. The molecule has 0 aliphatic carbocycles. The molecule has 709 valence electrons. The van der Waals surface area contributed by atoms with Crippen LogP contribution in [0.1, 0.15) is 140 Å². The zero-order valence-electron chi connectivity index (χ0n) is 75.9. The number of benzene rings is 5. The third-order valence-corrected chi connectivity index (χ3v) is 21.5.